The maximum absolute atomic E-state index is 13.4. The molecule has 2 aromatic carbocycles. The molecule has 2 aliphatic rings. The van der Waals surface area contributed by atoms with E-state index in [0.717, 1.165) is 69.8 Å². The molecule has 1 aliphatic carbocycles. The van der Waals surface area contributed by atoms with Gasteiger partial charge in [0.25, 0.3) is 5.91 Å². The number of aromatic nitrogens is 3. The van der Waals surface area contributed by atoms with Crippen molar-refractivity contribution in [2.75, 3.05) is 45.1 Å². The molecule has 10 nitrogen and oxygen atoms in total. The molecule has 0 atom stereocenters. The van der Waals surface area contributed by atoms with Crippen molar-refractivity contribution >= 4 is 28.6 Å². The third-order valence-corrected chi connectivity index (χ3v) is 8.26. The molecule has 2 N–H and O–H groups in total. The first-order valence-corrected chi connectivity index (χ1v) is 15.1. The van der Waals surface area contributed by atoms with Crippen LogP contribution >= 0.6 is 0 Å². The number of likely N-dealkylation sites (N-methyl/N-ethyl adjacent to an activating group) is 1. The Morgan fingerprint density at radius 1 is 1.02 bits per heavy atom. The summed E-state index contributed by atoms with van der Waals surface area (Å²) in [6, 6.07) is 14.6. The third kappa shape index (κ3) is 6.61. The number of carbonyl (C=O) groups excluding carboxylic acids is 1. The summed E-state index contributed by atoms with van der Waals surface area (Å²) in [5.74, 6) is -0.238. The Hall–Kier alpha value is -4.12. The average molecular weight is 582 g/mol. The van der Waals surface area contributed by atoms with Crippen LogP contribution in [-0.2, 0) is 24.1 Å². The predicted molar refractivity (Wildman–Crippen MR) is 168 cm³/mol. The van der Waals surface area contributed by atoms with Gasteiger partial charge in [-0.15, -0.1) is 0 Å². The largest absolute Gasteiger partial charge is 0.324 e. The molecule has 1 fully saturated rings. The lowest BCUT2D eigenvalue weighted by atomic mass is 10.1. The lowest BCUT2D eigenvalue weighted by Gasteiger charge is -2.32. The molecule has 10 heteroatoms. The van der Waals surface area contributed by atoms with Crippen LogP contribution in [0.15, 0.2) is 59.7 Å². The lowest BCUT2D eigenvalue weighted by molar-refractivity contribution is 0.0000943. The Labute approximate surface area is 251 Å². The van der Waals surface area contributed by atoms with Gasteiger partial charge in [0.1, 0.15) is 5.56 Å². The van der Waals surface area contributed by atoms with Crippen molar-refractivity contribution in [2.45, 2.75) is 45.6 Å². The van der Waals surface area contributed by atoms with Crippen LogP contribution in [-0.4, -0.2) is 76.1 Å². The number of carbonyl (C=O) groups is 1. The van der Waals surface area contributed by atoms with E-state index in [2.05, 4.69) is 56.9 Å². The van der Waals surface area contributed by atoms with Gasteiger partial charge in [-0.05, 0) is 87.5 Å². The van der Waals surface area contributed by atoms with Gasteiger partial charge < -0.3 is 19.7 Å². The molecule has 1 saturated heterocycles. The summed E-state index contributed by atoms with van der Waals surface area (Å²) in [7, 11) is 2.18. The summed E-state index contributed by atoms with van der Waals surface area (Å²) in [6.07, 6.45) is 6.99. The van der Waals surface area contributed by atoms with Gasteiger partial charge in [-0.25, -0.2) is 10.5 Å². The van der Waals surface area contributed by atoms with Gasteiger partial charge in [-0.2, -0.15) is 4.98 Å². The van der Waals surface area contributed by atoms with E-state index < -0.39 is 11.3 Å². The minimum absolute atomic E-state index is 0.0369. The van der Waals surface area contributed by atoms with Gasteiger partial charge in [-0.3, -0.25) is 14.4 Å². The second-order valence-corrected chi connectivity index (χ2v) is 11.8. The standard InChI is InChI=1S/C33H39N7O3/c1-22(2)43-37-32(42)29-21-40(27-12-9-24-5-4-6-25(24)19-27)31-28(30(29)41)20-34-33(36-31)35-26-10-7-23(8-11-26)13-14-39-17-15-38(3)16-18-39/h7-12,19-22H,4-6,13-18H2,1-3H3,(H,37,42)(H,34,35,36). The number of rotatable bonds is 9. The number of pyridine rings is 1. The minimum Gasteiger partial charge on any atom is -0.324 e. The molecule has 224 valence electrons. The maximum Gasteiger partial charge on any atom is 0.280 e. The van der Waals surface area contributed by atoms with Gasteiger partial charge in [0.2, 0.25) is 11.4 Å². The third-order valence-electron chi connectivity index (χ3n) is 8.26. The van der Waals surface area contributed by atoms with E-state index >= 15 is 0 Å². The van der Waals surface area contributed by atoms with E-state index in [1.165, 1.54) is 22.9 Å². The van der Waals surface area contributed by atoms with Crippen molar-refractivity contribution in [2.24, 2.45) is 0 Å². The zero-order valence-corrected chi connectivity index (χ0v) is 25.1. The number of aryl methyl sites for hydroxylation is 2. The second-order valence-electron chi connectivity index (χ2n) is 11.8. The fourth-order valence-corrected chi connectivity index (χ4v) is 5.71. The summed E-state index contributed by atoms with van der Waals surface area (Å²) in [6.45, 7) is 9.12. The fraction of sp³-hybridized carbons (Fsp3) is 0.394. The molecule has 0 radical (unpaired) electrons. The van der Waals surface area contributed by atoms with Crippen molar-refractivity contribution in [3.05, 3.63) is 87.3 Å². The van der Waals surface area contributed by atoms with Gasteiger partial charge >= 0.3 is 0 Å². The van der Waals surface area contributed by atoms with Crippen molar-refractivity contribution in [3.63, 3.8) is 0 Å². The Morgan fingerprint density at radius 3 is 2.56 bits per heavy atom. The van der Waals surface area contributed by atoms with Crippen LogP contribution in [0.3, 0.4) is 0 Å². The van der Waals surface area contributed by atoms with E-state index in [4.69, 9.17) is 9.82 Å². The van der Waals surface area contributed by atoms with Crippen molar-refractivity contribution in [1.29, 1.82) is 0 Å². The Kier molecular flexibility index (Phi) is 8.51. The van der Waals surface area contributed by atoms with Gasteiger partial charge in [0.05, 0.1) is 11.5 Å². The molecule has 2 aromatic heterocycles. The number of nitrogens with zero attached hydrogens (tertiary/aromatic N) is 5. The summed E-state index contributed by atoms with van der Waals surface area (Å²) in [4.78, 5) is 45.8. The van der Waals surface area contributed by atoms with Crippen LogP contribution in [0.25, 0.3) is 16.7 Å². The number of anilines is 2. The fourth-order valence-electron chi connectivity index (χ4n) is 5.71. The van der Waals surface area contributed by atoms with Crippen LogP contribution in [0.2, 0.25) is 0 Å². The molecule has 6 rings (SSSR count). The minimum atomic E-state index is -0.606. The number of hydroxylamine groups is 1. The number of fused-ring (bicyclic) bond motifs is 2. The maximum atomic E-state index is 13.4. The Bertz CT molecular complexity index is 1670. The van der Waals surface area contributed by atoms with E-state index in [1.54, 1.807) is 24.6 Å². The van der Waals surface area contributed by atoms with Crippen LogP contribution in [0.5, 0.6) is 0 Å². The molecule has 43 heavy (non-hydrogen) atoms. The van der Waals surface area contributed by atoms with Gasteiger partial charge in [-0.1, -0.05) is 18.2 Å². The van der Waals surface area contributed by atoms with Crippen LogP contribution < -0.4 is 16.2 Å². The van der Waals surface area contributed by atoms with Crippen LogP contribution in [0, 0.1) is 0 Å². The van der Waals surface area contributed by atoms with Crippen LogP contribution in [0.1, 0.15) is 47.3 Å². The predicted octanol–water partition coefficient (Wildman–Crippen LogP) is 3.87. The van der Waals surface area contributed by atoms with Gasteiger partial charge in [0.15, 0.2) is 5.65 Å². The number of hydrogen-bond donors (Lipinski definition) is 2. The van der Waals surface area contributed by atoms with Gasteiger partial charge in [0, 0.05) is 56.5 Å². The lowest BCUT2D eigenvalue weighted by Crippen LogP contribution is -2.45. The molecule has 1 aliphatic heterocycles. The first-order valence-electron chi connectivity index (χ1n) is 15.1. The van der Waals surface area contributed by atoms with Crippen molar-refractivity contribution in [3.8, 4) is 5.69 Å². The molecular formula is C33H39N7O3. The molecule has 0 bridgehead atoms. The highest BCUT2D eigenvalue weighted by Crippen LogP contribution is 2.26. The molecule has 3 heterocycles. The zero-order valence-electron chi connectivity index (χ0n) is 25.1. The molecular weight excluding hydrogens is 542 g/mol. The van der Waals surface area contributed by atoms with E-state index in [-0.39, 0.29) is 17.1 Å². The highest BCUT2D eigenvalue weighted by atomic mass is 16.7. The second kappa shape index (κ2) is 12.6. The highest BCUT2D eigenvalue weighted by Gasteiger charge is 2.20. The summed E-state index contributed by atoms with van der Waals surface area (Å²) >= 11 is 0. The van der Waals surface area contributed by atoms with Crippen LogP contribution in [0.4, 0.5) is 11.6 Å². The topological polar surface area (TPSA) is 105 Å². The highest BCUT2D eigenvalue weighted by molar-refractivity contribution is 5.96. The van der Waals surface area contributed by atoms with E-state index in [1.807, 2.05) is 18.2 Å². The molecule has 0 saturated carbocycles. The van der Waals surface area contributed by atoms with E-state index in [0.29, 0.717) is 11.6 Å². The normalized spacial score (nSPS) is 15.6. The number of hydrogen-bond acceptors (Lipinski definition) is 8. The number of nitrogens with one attached hydrogen (secondary N) is 2. The summed E-state index contributed by atoms with van der Waals surface area (Å²) < 4.78 is 1.80. The van der Waals surface area contributed by atoms with E-state index in [9.17, 15) is 9.59 Å². The Balaban J connectivity index is 1.27. The summed E-state index contributed by atoms with van der Waals surface area (Å²) in [5, 5.41) is 3.54. The zero-order chi connectivity index (χ0) is 29.9. The summed E-state index contributed by atoms with van der Waals surface area (Å²) in [5.41, 5.74) is 7.91. The molecule has 4 aromatic rings. The molecule has 0 unspecified atom stereocenters. The molecule has 0 spiro atoms. The number of amides is 1. The first kappa shape index (κ1) is 29.0. The SMILES string of the molecule is CC(C)ONC(=O)c1cn(-c2ccc3c(c2)CCC3)c2nc(Nc3ccc(CCN4CCN(C)CC4)cc3)ncc2c1=O. The smallest absolute Gasteiger partial charge is 0.280 e. The monoisotopic (exact) mass is 581 g/mol. The first-order chi connectivity index (χ1) is 20.8. The number of benzene rings is 2. The number of piperazine rings is 1. The molecule has 1 amide bonds. The van der Waals surface area contributed by atoms with Crippen molar-refractivity contribution < 1.29 is 9.63 Å². The van der Waals surface area contributed by atoms with Crippen molar-refractivity contribution in [1.82, 2.24) is 29.8 Å². The Morgan fingerprint density at radius 2 is 1.79 bits per heavy atom. The quantitative estimate of drug-likeness (QED) is 0.287. The average Bonchev–Trinajstić information content (AvgIpc) is 3.49.